The van der Waals surface area contributed by atoms with Crippen molar-refractivity contribution >= 4 is 22.7 Å². The Hall–Kier alpha value is -5.24. The molecule has 3 aromatic heterocycles. The van der Waals surface area contributed by atoms with E-state index in [1.54, 1.807) is 31.2 Å². The van der Waals surface area contributed by atoms with E-state index >= 15 is 4.39 Å². The van der Waals surface area contributed by atoms with Crippen LogP contribution in [0.4, 0.5) is 10.2 Å². The lowest BCUT2D eigenvalue weighted by Crippen LogP contribution is -2.24. The van der Waals surface area contributed by atoms with E-state index in [0.29, 0.717) is 58.3 Å². The first-order valence-corrected chi connectivity index (χ1v) is 13.2. The second-order valence-corrected chi connectivity index (χ2v) is 9.70. The maximum absolute atomic E-state index is 15.9. The highest BCUT2D eigenvalue weighted by molar-refractivity contribution is 6.07. The second-order valence-electron chi connectivity index (χ2n) is 9.70. The molecule has 6 aromatic rings. The topological polar surface area (TPSA) is 84.2 Å². The van der Waals surface area contributed by atoms with Crippen LogP contribution in [0, 0.1) is 12.7 Å². The van der Waals surface area contributed by atoms with Crippen LogP contribution < -0.4 is 4.90 Å². The average Bonchev–Trinajstić information content (AvgIpc) is 3.64. The molecule has 0 saturated heterocycles. The number of anilines is 1. The van der Waals surface area contributed by atoms with Crippen molar-refractivity contribution in [1.29, 1.82) is 0 Å². The summed E-state index contributed by atoms with van der Waals surface area (Å²) in [6.07, 6.45) is 3.03. The summed E-state index contributed by atoms with van der Waals surface area (Å²) >= 11 is 0. The number of aromatic amines is 1. The molecule has 8 heteroatoms. The highest BCUT2D eigenvalue weighted by Crippen LogP contribution is 2.36. The third kappa shape index (κ3) is 5.19. The first-order chi connectivity index (χ1) is 20.0. The number of oxazole rings is 1. The van der Waals surface area contributed by atoms with Crippen molar-refractivity contribution in [2.75, 3.05) is 12.0 Å². The predicted octanol–water partition coefficient (Wildman–Crippen LogP) is 7.33. The quantitative estimate of drug-likeness (QED) is 0.201. The van der Waals surface area contributed by atoms with Crippen molar-refractivity contribution in [2.45, 2.75) is 20.0 Å². The molecule has 0 aliphatic rings. The van der Waals surface area contributed by atoms with E-state index in [1.165, 1.54) is 19.5 Å². The first-order valence-electron chi connectivity index (χ1n) is 13.2. The molecule has 0 atom stereocenters. The van der Waals surface area contributed by atoms with Gasteiger partial charge in [-0.15, -0.1) is 0 Å². The van der Waals surface area contributed by atoms with Gasteiger partial charge in [-0.05, 0) is 29.3 Å². The number of hydrogen-bond acceptors (Lipinski definition) is 6. The number of aryl methyl sites for hydroxylation is 1. The number of pyridine rings is 1. The Morgan fingerprint density at radius 3 is 2.17 bits per heavy atom. The number of nitrogens with zero attached hydrogens (tertiary/aromatic N) is 3. The summed E-state index contributed by atoms with van der Waals surface area (Å²) in [5, 5.41) is 0.586. The van der Waals surface area contributed by atoms with Gasteiger partial charge in [-0.2, -0.15) is 0 Å². The SMILES string of the molecule is COC(=O)c1cnc(N(Cc2ccccc2)Cc2ccccc2)c2[nH]c(-c3cccc(-c4cnc(C)o4)c3F)cc12. The molecule has 0 fully saturated rings. The fourth-order valence-electron chi connectivity index (χ4n) is 4.99. The van der Waals surface area contributed by atoms with Crippen molar-refractivity contribution in [1.82, 2.24) is 15.0 Å². The molecule has 0 aliphatic carbocycles. The van der Waals surface area contributed by atoms with Gasteiger partial charge in [-0.3, -0.25) is 0 Å². The molecule has 6 rings (SSSR count). The number of hydrogen-bond donors (Lipinski definition) is 1. The Bertz CT molecular complexity index is 1790. The van der Waals surface area contributed by atoms with Gasteiger partial charge in [0.05, 0.1) is 30.0 Å². The molecular formula is C33H27FN4O3. The predicted molar refractivity (Wildman–Crippen MR) is 156 cm³/mol. The second kappa shape index (κ2) is 11.1. The van der Waals surface area contributed by atoms with Crippen LogP contribution >= 0.6 is 0 Å². The fourth-order valence-corrected chi connectivity index (χ4v) is 4.99. The van der Waals surface area contributed by atoms with Gasteiger partial charge in [-0.25, -0.2) is 19.2 Å². The van der Waals surface area contributed by atoms with E-state index in [1.807, 2.05) is 36.4 Å². The molecule has 3 aromatic carbocycles. The number of H-pyrrole nitrogens is 1. The van der Waals surface area contributed by atoms with Crippen LogP contribution in [0.1, 0.15) is 27.4 Å². The number of fused-ring (bicyclic) bond motifs is 1. The Morgan fingerprint density at radius 1 is 0.902 bits per heavy atom. The van der Waals surface area contributed by atoms with Crippen LogP contribution in [0.15, 0.2) is 102 Å². The highest BCUT2D eigenvalue weighted by Gasteiger charge is 2.23. The summed E-state index contributed by atoms with van der Waals surface area (Å²) in [5.41, 5.74) is 4.21. The van der Waals surface area contributed by atoms with Gasteiger partial charge in [0.1, 0.15) is 5.82 Å². The number of halogens is 1. The normalized spacial score (nSPS) is 11.1. The molecule has 0 unspecified atom stereocenters. The fraction of sp³-hybridized carbons (Fsp3) is 0.121. The largest absolute Gasteiger partial charge is 0.465 e. The lowest BCUT2D eigenvalue weighted by Gasteiger charge is -2.25. The zero-order chi connectivity index (χ0) is 28.3. The Morgan fingerprint density at radius 2 is 1.56 bits per heavy atom. The zero-order valence-electron chi connectivity index (χ0n) is 22.6. The molecule has 7 nitrogen and oxygen atoms in total. The third-order valence-corrected chi connectivity index (χ3v) is 6.96. The third-order valence-electron chi connectivity index (χ3n) is 6.96. The van der Waals surface area contributed by atoms with Crippen molar-refractivity contribution < 1.29 is 18.3 Å². The minimum Gasteiger partial charge on any atom is -0.465 e. The first kappa shape index (κ1) is 26.0. The number of rotatable bonds is 8. The van der Waals surface area contributed by atoms with E-state index < -0.39 is 11.8 Å². The van der Waals surface area contributed by atoms with Crippen molar-refractivity contribution in [3.05, 3.63) is 126 Å². The molecule has 0 amide bonds. The van der Waals surface area contributed by atoms with E-state index in [0.717, 1.165) is 11.1 Å². The number of aromatic nitrogens is 3. The van der Waals surface area contributed by atoms with Crippen molar-refractivity contribution in [3.8, 4) is 22.6 Å². The molecule has 0 bridgehead atoms. The molecule has 0 aliphatic heterocycles. The zero-order valence-corrected chi connectivity index (χ0v) is 22.6. The minimum atomic E-state index is -0.524. The van der Waals surface area contributed by atoms with Gasteiger partial charge in [0, 0.05) is 42.9 Å². The Balaban J connectivity index is 1.51. The van der Waals surface area contributed by atoms with Crippen LogP contribution in [0.25, 0.3) is 33.5 Å². The number of methoxy groups -OCH3 is 1. The molecule has 0 radical (unpaired) electrons. The number of carbonyl (C=O) groups is 1. The summed E-state index contributed by atoms with van der Waals surface area (Å²) in [5.74, 6) is 0.436. The van der Waals surface area contributed by atoms with Gasteiger partial charge < -0.3 is 19.0 Å². The van der Waals surface area contributed by atoms with Crippen LogP contribution in [-0.2, 0) is 17.8 Å². The van der Waals surface area contributed by atoms with Crippen LogP contribution in [0.3, 0.4) is 0 Å². The lowest BCUT2D eigenvalue weighted by molar-refractivity contribution is 0.0602. The van der Waals surface area contributed by atoms with Gasteiger partial charge in [0.2, 0.25) is 0 Å². The van der Waals surface area contributed by atoms with Crippen molar-refractivity contribution in [3.63, 3.8) is 0 Å². The maximum Gasteiger partial charge on any atom is 0.340 e. The monoisotopic (exact) mass is 546 g/mol. The summed E-state index contributed by atoms with van der Waals surface area (Å²) in [7, 11) is 1.33. The Labute approximate surface area is 236 Å². The average molecular weight is 547 g/mol. The molecular weight excluding hydrogens is 519 g/mol. The van der Waals surface area contributed by atoms with Crippen molar-refractivity contribution in [2.24, 2.45) is 0 Å². The maximum atomic E-state index is 15.9. The summed E-state index contributed by atoms with van der Waals surface area (Å²) < 4.78 is 26.6. The number of benzene rings is 3. The summed E-state index contributed by atoms with van der Waals surface area (Å²) in [6, 6.07) is 27.0. The highest BCUT2D eigenvalue weighted by atomic mass is 19.1. The standard InChI is InChI=1S/C33H27FN4O3/c1-21-35-18-29(41-21)25-15-9-14-24(30(25)34)28-16-26-27(33(39)40-2)17-36-32(31(26)37-28)38(19-22-10-5-3-6-11-22)20-23-12-7-4-8-13-23/h3-18,37H,19-20H2,1-2H3. The van der Waals surface area contributed by atoms with Crippen LogP contribution in [-0.4, -0.2) is 28.0 Å². The molecule has 204 valence electrons. The number of ether oxygens (including phenoxy) is 1. The molecule has 0 saturated carbocycles. The number of carbonyl (C=O) groups excluding carboxylic acids is 1. The minimum absolute atomic E-state index is 0.288. The van der Waals surface area contributed by atoms with Gasteiger partial charge in [-0.1, -0.05) is 66.7 Å². The summed E-state index contributed by atoms with van der Waals surface area (Å²) in [6.45, 7) is 2.85. The summed E-state index contributed by atoms with van der Waals surface area (Å²) in [4.78, 5) is 27.1. The number of esters is 1. The van der Waals surface area contributed by atoms with Gasteiger partial charge in [0.25, 0.3) is 0 Å². The number of nitrogens with one attached hydrogen (secondary N) is 1. The molecule has 3 heterocycles. The Kier molecular flexibility index (Phi) is 7.04. The molecule has 41 heavy (non-hydrogen) atoms. The smallest absolute Gasteiger partial charge is 0.340 e. The molecule has 1 N–H and O–H groups in total. The van der Waals surface area contributed by atoms with Gasteiger partial charge >= 0.3 is 5.97 Å². The van der Waals surface area contributed by atoms with E-state index in [2.05, 4.69) is 39.1 Å². The molecule has 0 spiro atoms. The van der Waals surface area contributed by atoms with E-state index in [-0.39, 0.29) is 5.56 Å². The lowest BCUT2D eigenvalue weighted by atomic mass is 10.0. The van der Waals surface area contributed by atoms with E-state index in [9.17, 15) is 4.79 Å². The van der Waals surface area contributed by atoms with Gasteiger partial charge in [0.15, 0.2) is 17.5 Å². The van der Waals surface area contributed by atoms with Crippen LogP contribution in [0.2, 0.25) is 0 Å². The van der Waals surface area contributed by atoms with E-state index in [4.69, 9.17) is 14.1 Å². The van der Waals surface area contributed by atoms with Crippen LogP contribution in [0.5, 0.6) is 0 Å².